The van der Waals surface area contributed by atoms with Crippen LogP contribution in [0.25, 0.3) is 10.2 Å². The lowest BCUT2D eigenvalue weighted by Crippen LogP contribution is -2.25. The molecule has 3 nitrogen and oxygen atoms in total. The number of carbonyl (C=O) groups excluding carboxylic acids is 1. The van der Waals surface area contributed by atoms with Gasteiger partial charge in [0.1, 0.15) is 0 Å². The third-order valence-corrected chi connectivity index (χ3v) is 5.23. The molecule has 0 spiro atoms. The lowest BCUT2D eigenvalue weighted by molar-refractivity contribution is 0.0954. The minimum Gasteiger partial charge on any atom is -0.352 e. The van der Waals surface area contributed by atoms with Gasteiger partial charge in [0, 0.05) is 12.1 Å². The topological polar surface area (TPSA) is 42.0 Å². The second kappa shape index (κ2) is 6.96. The molecule has 0 radical (unpaired) electrons. The molecule has 1 amide bonds. The van der Waals surface area contributed by atoms with Crippen molar-refractivity contribution in [2.24, 2.45) is 0 Å². The number of aromatic nitrogens is 1. The Morgan fingerprint density at radius 2 is 1.84 bits per heavy atom. The van der Waals surface area contributed by atoms with E-state index in [-0.39, 0.29) is 11.3 Å². The van der Waals surface area contributed by atoms with Gasteiger partial charge in [0.2, 0.25) is 0 Å². The van der Waals surface area contributed by atoms with Gasteiger partial charge in [0.05, 0.1) is 15.2 Å². The fraction of sp³-hybridized carbons (Fsp3) is 0.333. The fourth-order valence-electron chi connectivity index (χ4n) is 2.78. The normalized spacial score (nSPS) is 11.7. The third-order valence-electron chi connectivity index (χ3n) is 4.28. The summed E-state index contributed by atoms with van der Waals surface area (Å²) in [6, 6.07) is 14.4. The fourth-order valence-corrected chi connectivity index (χ4v) is 3.59. The van der Waals surface area contributed by atoms with Crippen molar-refractivity contribution in [1.29, 1.82) is 0 Å². The lowest BCUT2D eigenvalue weighted by atomic mass is 9.86. The molecule has 0 unspecified atom stereocenters. The van der Waals surface area contributed by atoms with E-state index in [2.05, 4.69) is 55.3 Å². The van der Waals surface area contributed by atoms with Crippen LogP contribution in [0.3, 0.4) is 0 Å². The zero-order valence-electron chi connectivity index (χ0n) is 15.2. The molecule has 130 valence electrons. The molecule has 0 bridgehead atoms. The van der Waals surface area contributed by atoms with Crippen LogP contribution in [0.4, 0.5) is 0 Å². The number of benzene rings is 2. The summed E-state index contributed by atoms with van der Waals surface area (Å²) < 4.78 is 1.12. The molecule has 0 aliphatic heterocycles. The number of amides is 1. The van der Waals surface area contributed by atoms with E-state index in [1.807, 2.05) is 25.1 Å². The molecule has 3 aromatic rings. The number of fused-ring (bicyclic) bond motifs is 1. The molecule has 2 aromatic carbocycles. The van der Waals surface area contributed by atoms with Gasteiger partial charge >= 0.3 is 0 Å². The van der Waals surface area contributed by atoms with Gasteiger partial charge in [-0.05, 0) is 48.1 Å². The molecule has 0 saturated carbocycles. The first-order chi connectivity index (χ1) is 11.8. The van der Waals surface area contributed by atoms with E-state index in [0.717, 1.165) is 21.6 Å². The van der Waals surface area contributed by atoms with Crippen LogP contribution in [0.2, 0.25) is 0 Å². The molecule has 1 aromatic heterocycles. The van der Waals surface area contributed by atoms with E-state index in [1.54, 1.807) is 11.3 Å². The van der Waals surface area contributed by atoms with Crippen molar-refractivity contribution < 1.29 is 4.79 Å². The van der Waals surface area contributed by atoms with E-state index >= 15 is 0 Å². The molecule has 0 atom stereocenters. The summed E-state index contributed by atoms with van der Waals surface area (Å²) in [6.45, 7) is 9.24. The average molecular weight is 353 g/mol. The van der Waals surface area contributed by atoms with Crippen LogP contribution >= 0.6 is 11.3 Å². The summed E-state index contributed by atoms with van der Waals surface area (Å²) in [5.41, 5.74) is 4.29. The summed E-state index contributed by atoms with van der Waals surface area (Å²) in [7, 11) is 0. The Kier molecular flexibility index (Phi) is 4.91. The van der Waals surface area contributed by atoms with Gasteiger partial charge in [-0.1, -0.05) is 45.0 Å². The molecule has 0 saturated heterocycles. The Morgan fingerprint density at radius 3 is 2.52 bits per heavy atom. The average Bonchev–Trinajstić information content (AvgIpc) is 2.93. The Labute approximate surface area is 153 Å². The molecule has 1 N–H and O–H groups in total. The summed E-state index contributed by atoms with van der Waals surface area (Å²) in [6.07, 6.45) is 0.828. The van der Waals surface area contributed by atoms with Crippen molar-refractivity contribution in [2.45, 2.75) is 39.5 Å². The van der Waals surface area contributed by atoms with Crippen molar-refractivity contribution in [3.8, 4) is 0 Å². The number of thiazole rings is 1. The highest BCUT2D eigenvalue weighted by Crippen LogP contribution is 2.23. The van der Waals surface area contributed by atoms with Crippen LogP contribution in [0.15, 0.2) is 42.5 Å². The number of carbonyl (C=O) groups is 1. The Hall–Kier alpha value is -2.20. The van der Waals surface area contributed by atoms with Crippen LogP contribution in [-0.2, 0) is 11.8 Å². The zero-order valence-corrected chi connectivity index (χ0v) is 16.0. The third kappa shape index (κ3) is 4.26. The number of rotatable bonds is 4. The van der Waals surface area contributed by atoms with Gasteiger partial charge in [-0.2, -0.15) is 0 Å². The number of nitrogens with zero attached hydrogens (tertiary/aromatic N) is 1. The second-order valence-electron chi connectivity index (χ2n) is 7.37. The predicted octanol–water partition coefficient (Wildman–Crippen LogP) is 4.87. The van der Waals surface area contributed by atoms with Crippen LogP contribution in [-0.4, -0.2) is 17.4 Å². The van der Waals surface area contributed by atoms with Crippen molar-refractivity contribution in [1.82, 2.24) is 10.3 Å². The van der Waals surface area contributed by atoms with E-state index in [9.17, 15) is 4.79 Å². The number of nitrogens with one attached hydrogen (secondary N) is 1. The van der Waals surface area contributed by atoms with Gasteiger partial charge in [-0.25, -0.2) is 4.98 Å². The lowest BCUT2D eigenvalue weighted by Gasteiger charge is -2.19. The smallest absolute Gasteiger partial charge is 0.251 e. The summed E-state index contributed by atoms with van der Waals surface area (Å²) in [5, 5.41) is 4.02. The standard InChI is InChI=1S/C21H24N2OS/c1-14-23-18-13-16(7-10-19(18)25-14)20(24)22-12-11-15-5-8-17(9-6-15)21(2,3)4/h5-10,13H,11-12H2,1-4H3,(H,22,24). The molecule has 0 aliphatic carbocycles. The van der Waals surface area contributed by atoms with Gasteiger partial charge in [-0.3, -0.25) is 4.79 Å². The summed E-state index contributed by atoms with van der Waals surface area (Å²) in [4.78, 5) is 16.8. The first kappa shape index (κ1) is 17.6. The Balaban J connectivity index is 1.58. The first-order valence-electron chi connectivity index (χ1n) is 8.58. The summed E-state index contributed by atoms with van der Waals surface area (Å²) in [5.74, 6) is -0.0427. The maximum absolute atomic E-state index is 12.3. The highest BCUT2D eigenvalue weighted by molar-refractivity contribution is 7.18. The van der Waals surface area contributed by atoms with Crippen LogP contribution in [0.1, 0.15) is 47.3 Å². The van der Waals surface area contributed by atoms with Crippen molar-refractivity contribution in [3.63, 3.8) is 0 Å². The minimum absolute atomic E-state index is 0.0427. The van der Waals surface area contributed by atoms with Crippen LogP contribution in [0.5, 0.6) is 0 Å². The summed E-state index contributed by atoms with van der Waals surface area (Å²) >= 11 is 1.65. The highest BCUT2D eigenvalue weighted by atomic mass is 32.1. The van der Waals surface area contributed by atoms with E-state index < -0.39 is 0 Å². The monoisotopic (exact) mass is 352 g/mol. The van der Waals surface area contributed by atoms with E-state index in [0.29, 0.717) is 12.1 Å². The van der Waals surface area contributed by atoms with Crippen LogP contribution < -0.4 is 5.32 Å². The van der Waals surface area contributed by atoms with Gasteiger partial charge in [0.25, 0.3) is 5.91 Å². The molecule has 25 heavy (non-hydrogen) atoms. The van der Waals surface area contributed by atoms with Crippen molar-refractivity contribution in [3.05, 3.63) is 64.2 Å². The molecule has 4 heteroatoms. The van der Waals surface area contributed by atoms with Gasteiger partial charge in [-0.15, -0.1) is 11.3 Å². The van der Waals surface area contributed by atoms with E-state index in [4.69, 9.17) is 0 Å². The predicted molar refractivity (Wildman–Crippen MR) is 106 cm³/mol. The number of aryl methyl sites for hydroxylation is 1. The zero-order chi connectivity index (χ0) is 18.0. The largest absolute Gasteiger partial charge is 0.352 e. The highest BCUT2D eigenvalue weighted by Gasteiger charge is 2.13. The number of hydrogen-bond acceptors (Lipinski definition) is 3. The van der Waals surface area contributed by atoms with E-state index in [1.165, 1.54) is 11.1 Å². The second-order valence-corrected chi connectivity index (χ2v) is 8.60. The van der Waals surface area contributed by atoms with Crippen LogP contribution in [0, 0.1) is 6.92 Å². The minimum atomic E-state index is -0.0427. The Morgan fingerprint density at radius 1 is 1.12 bits per heavy atom. The molecule has 0 fully saturated rings. The van der Waals surface area contributed by atoms with Crippen molar-refractivity contribution >= 4 is 27.5 Å². The van der Waals surface area contributed by atoms with Gasteiger partial charge in [0.15, 0.2) is 0 Å². The quantitative estimate of drug-likeness (QED) is 0.727. The molecule has 0 aliphatic rings. The SMILES string of the molecule is Cc1nc2cc(C(=O)NCCc3ccc(C(C)(C)C)cc3)ccc2s1. The van der Waals surface area contributed by atoms with Gasteiger partial charge < -0.3 is 5.32 Å². The maximum atomic E-state index is 12.3. The number of hydrogen-bond donors (Lipinski definition) is 1. The molecular formula is C21H24N2OS. The molecule has 1 heterocycles. The first-order valence-corrected chi connectivity index (χ1v) is 9.39. The maximum Gasteiger partial charge on any atom is 0.251 e. The Bertz CT molecular complexity index is 888. The molecule has 3 rings (SSSR count). The van der Waals surface area contributed by atoms with Crippen molar-refractivity contribution in [2.75, 3.05) is 6.54 Å². The molecular weight excluding hydrogens is 328 g/mol.